The van der Waals surface area contributed by atoms with E-state index >= 15 is 0 Å². The maximum Gasteiger partial charge on any atom is 0.142 e. The zero-order valence-electron chi connectivity index (χ0n) is 49.9. The maximum atomic E-state index is 13.1. The summed E-state index contributed by atoms with van der Waals surface area (Å²) >= 11 is 5.30. The normalized spacial score (nSPS) is 24.4. The molecule has 6 aliphatic rings. The average Bonchev–Trinajstić information content (AvgIpc) is 3.11. The minimum Gasteiger partial charge on any atom is -0.412 e. The van der Waals surface area contributed by atoms with E-state index in [4.69, 9.17) is 9.47 Å². The predicted molar refractivity (Wildman–Crippen MR) is 347 cm³/mol. The number of nitrogens with one attached hydrogen (secondary N) is 6. The number of ether oxygens (including phenoxy) is 2. The first-order valence-electron chi connectivity index (χ1n) is 28.2. The van der Waals surface area contributed by atoms with Crippen LogP contribution < -0.4 is 34.5 Å². The topological polar surface area (TPSA) is 284 Å². The van der Waals surface area contributed by atoms with Gasteiger partial charge in [0.1, 0.15) is 47.7 Å². The maximum absolute atomic E-state index is 13.1. The third-order valence-electron chi connectivity index (χ3n) is 16.5. The SMILES string of the molecule is CN1C[C@H]2CC(Nc3ncnc4[nH]ccc34)C[C@H]2C1.COC(C)(C)C.COC(C)(C)C.Cc1ccc(S(=O)(=O)n2ccc3c(NC4C[C@@H]5CN(C)C[C@@H]5C4)ncnc32)cc1.I[I-]I.O.O.c1nc(NC2C[C@H]3CNC[C@H]3C2)c2cc[nH]c2n1. The number of aromatic nitrogens is 9. The zero-order valence-corrected chi connectivity index (χ0v) is 57.2. The first kappa shape index (κ1) is 68.5. The number of rotatable bonds is 8. The second kappa shape index (κ2) is 30.8. The van der Waals surface area contributed by atoms with E-state index in [1.807, 2.05) is 73.0 Å². The monoisotopic (exact) mass is 1500 g/mol. The van der Waals surface area contributed by atoms with Gasteiger partial charge in [-0.2, -0.15) is 0 Å². The van der Waals surface area contributed by atoms with Gasteiger partial charge in [-0.1, -0.05) is 17.7 Å². The van der Waals surface area contributed by atoms with Gasteiger partial charge in [-0.25, -0.2) is 42.3 Å². The number of aromatic amines is 2. The quantitative estimate of drug-likeness (QED) is 0.0982. The molecule has 3 aliphatic heterocycles. The van der Waals surface area contributed by atoms with Crippen molar-refractivity contribution in [2.45, 2.75) is 121 Å². The molecule has 3 saturated heterocycles. The number of nitrogens with zero attached hydrogens (tertiary/aromatic N) is 9. The van der Waals surface area contributed by atoms with E-state index < -0.39 is 10.0 Å². The summed E-state index contributed by atoms with van der Waals surface area (Å²) in [5.74, 6) is 7.58. The summed E-state index contributed by atoms with van der Waals surface area (Å²) in [7, 11) is 4.13. The molecule has 0 spiro atoms. The second-order valence-corrected chi connectivity index (χ2v) is 42.7. The summed E-state index contributed by atoms with van der Waals surface area (Å²) in [5.41, 5.74) is 3.33. The number of halogens is 3. The molecule has 3 saturated carbocycles. The Morgan fingerprint density at radius 2 is 0.928 bits per heavy atom. The molecule has 0 bridgehead atoms. The van der Waals surface area contributed by atoms with Crippen molar-refractivity contribution >= 4 is 97.8 Å². The summed E-state index contributed by atoms with van der Waals surface area (Å²) in [6, 6.07) is 14.2. The summed E-state index contributed by atoms with van der Waals surface area (Å²) in [6.07, 6.45) is 17.4. The summed E-state index contributed by atoms with van der Waals surface area (Å²) < 4.78 is 37.4. The standard InChI is InChI=1S/C21H25N5O2S.C14H19N5.C13H17N5.2C5H12O.I3.2H2O/c1-14-3-5-18(6-4-14)29(27,28)26-8-7-19-20(22-13-23-21(19)26)24-17-9-15-11-25(2)12-16(15)10-17;1-19-6-9-4-11(5-10(9)7-19)18-14-12-2-3-15-13(12)16-8-17-14;1-2-15-12-11(1)13(17-7-16-12)18-10-3-8-5-14-6-9(8)4-10;2*1-5(2,3)6-4;1-3-2;;/h3-8,13,15-17H,9-12H2,1-2H3,(H,22,23,24);2-3,8-11H,4-7H2,1H3,(H2,15,16,17,18);1-2,7-10,14H,3-6H2,(H2,15,16,17,18);2*1-4H3;;2*1H2/q;;;;;-1;;/t15-,16+,17?;9-,10+,11?;8-,9+,10?;;;;;. The third-order valence-corrected chi connectivity index (χ3v) is 18.2. The van der Waals surface area contributed by atoms with Gasteiger partial charge in [0.15, 0.2) is 5.65 Å². The van der Waals surface area contributed by atoms with Gasteiger partial charge in [0.05, 0.1) is 32.3 Å². The van der Waals surface area contributed by atoms with Gasteiger partial charge in [-0.05, 0) is 180 Å². The van der Waals surface area contributed by atoms with Crippen LogP contribution in [0.4, 0.5) is 17.5 Å². The van der Waals surface area contributed by atoms with Crippen molar-refractivity contribution in [2.75, 3.05) is 83.5 Å². The Kier molecular flexibility index (Phi) is 25.4. The van der Waals surface area contributed by atoms with Crippen molar-refractivity contribution in [3.63, 3.8) is 0 Å². The van der Waals surface area contributed by atoms with Crippen molar-refractivity contribution < 1.29 is 42.1 Å². The smallest absolute Gasteiger partial charge is 0.142 e. The molecule has 9 atom stereocenters. The number of benzene rings is 1. The van der Waals surface area contributed by atoms with Crippen molar-refractivity contribution in [2.24, 2.45) is 35.5 Å². The fraction of sp³-hybridized carbons (Fsp3) is 0.586. The Hall–Kier alpha value is -3.66. The molecule has 7 aromatic rings. The Labute approximate surface area is 520 Å². The molecular formula is C58H89I3N15O6S-. The van der Waals surface area contributed by atoms with Crippen LogP contribution in [0, 0.1) is 42.4 Å². The number of H-pyrrole nitrogens is 2. The van der Waals surface area contributed by atoms with E-state index in [0.29, 0.717) is 42.8 Å². The van der Waals surface area contributed by atoms with Gasteiger partial charge in [0.25, 0.3) is 10.0 Å². The first-order valence-corrected chi connectivity index (χ1v) is 42.2. The van der Waals surface area contributed by atoms with Crippen LogP contribution in [0.3, 0.4) is 0 Å². The summed E-state index contributed by atoms with van der Waals surface area (Å²) in [6.45, 7) is 21.3. The van der Waals surface area contributed by atoms with Crippen LogP contribution in [-0.4, -0.2) is 170 Å². The molecule has 13 rings (SSSR count). The van der Waals surface area contributed by atoms with Gasteiger partial charge in [0.2, 0.25) is 0 Å². The number of likely N-dealkylation sites (tertiary alicyclic amines) is 2. The van der Waals surface area contributed by atoms with Crippen LogP contribution in [0.5, 0.6) is 0 Å². The fourth-order valence-corrected chi connectivity index (χ4v) is 13.5. The molecule has 83 heavy (non-hydrogen) atoms. The van der Waals surface area contributed by atoms with Crippen molar-refractivity contribution in [1.29, 1.82) is 0 Å². The minimum atomic E-state index is -3.71. The first-order chi connectivity index (χ1) is 38.6. The molecule has 0 amide bonds. The molecule has 6 aromatic heterocycles. The second-order valence-electron chi connectivity index (χ2n) is 24.6. The molecular weight excluding hydrogens is 1420 g/mol. The molecule has 0 radical (unpaired) electrons. The Morgan fingerprint density at radius 1 is 0.566 bits per heavy atom. The number of fused-ring (bicyclic) bond motifs is 6. The van der Waals surface area contributed by atoms with Crippen LogP contribution in [0.15, 0.2) is 84.9 Å². The number of hydrogen-bond acceptors (Lipinski definition) is 16. The molecule has 25 heteroatoms. The van der Waals surface area contributed by atoms with Crippen LogP contribution in [0.1, 0.15) is 85.6 Å². The average molecular weight is 1510 g/mol. The minimum absolute atomic E-state index is 0. The number of aryl methyl sites for hydroxylation is 1. The fourth-order valence-electron chi connectivity index (χ4n) is 12.2. The van der Waals surface area contributed by atoms with Gasteiger partial charge in [-0.3, -0.25) is 0 Å². The van der Waals surface area contributed by atoms with Gasteiger partial charge in [0, 0.05) is 77.1 Å². The summed E-state index contributed by atoms with van der Waals surface area (Å²) in [4.78, 5) is 37.3. The van der Waals surface area contributed by atoms with Crippen LogP contribution in [0.25, 0.3) is 33.1 Å². The molecule has 9 heterocycles. The summed E-state index contributed by atoms with van der Waals surface area (Å²) in [5, 5.41) is 17.2. The van der Waals surface area contributed by atoms with Crippen molar-refractivity contribution in [1.82, 2.24) is 59.0 Å². The predicted octanol–water partition coefficient (Wildman–Crippen LogP) is 5.80. The molecule has 1 aromatic carbocycles. The van der Waals surface area contributed by atoms with Gasteiger partial charge in [-0.15, -0.1) is 0 Å². The van der Waals surface area contributed by atoms with Crippen molar-refractivity contribution in [3.05, 3.63) is 85.6 Å². The molecule has 3 unspecified atom stereocenters. The Balaban J connectivity index is 0.000000180. The van der Waals surface area contributed by atoms with E-state index in [0.717, 1.165) is 106 Å². The Bertz CT molecular complexity index is 3160. The number of hydrogen-bond donors (Lipinski definition) is 6. The molecule has 3 aliphatic carbocycles. The van der Waals surface area contributed by atoms with Gasteiger partial charge < -0.3 is 61.5 Å². The van der Waals surface area contributed by atoms with E-state index in [2.05, 4.69) is 122 Å². The number of methoxy groups -OCH3 is 2. The Morgan fingerprint density at radius 3 is 1.31 bits per heavy atom. The van der Waals surface area contributed by atoms with E-state index in [9.17, 15) is 8.42 Å². The van der Waals surface area contributed by atoms with Crippen molar-refractivity contribution in [3.8, 4) is 0 Å². The zero-order chi connectivity index (χ0) is 58.1. The molecule has 460 valence electrons. The molecule has 21 nitrogen and oxygen atoms in total. The van der Waals surface area contributed by atoms with E-state index in [-0.39, 0.29) is 27.0 Å². The van der Waals surface area contributed by atoms with Crippen LogP contribution in [-0.2, 0) is 19.5 Å². The molecule has 10 N–H and O–H groups in total. The van der Waals surface area contributed by atoms with E-state index in [1.54, 1.807) is 63.4 Å². The van der Waals surface area contributed by atoms with Crippen LogP contribution in [0.2, 0.25) is 0 Å². The van der Waals surface area contributed by atoms with Gasteiger partial charge >= 0.3 is 50.5 Å². The third kappa shape index (κ3) is 18.4. The molecule has 6 fully saturated rings. The number of anilines is 3. The largest absolute Gasteiger partial charge is 0.412 e. The van der Waals surface area contributed by atoms with E-state index in [1.165, 1.54) is 62.2 Å². The van der Waals surface area contributed by atoms with Crippen LogP contribution >= 0.6 is 37.2 Å².